The van der Waals surface area contributed by atoms with Crippen LogP contribution in [-0.4, -0.2) is 41.8 Å². The number of fused-ring (bicyclic) bond motifs is 1. The first-order valence-corrected chi connectivity index (χ1v) is 9.29. The number of anilines is 1. The molecule has 0 amide bonds. The molecule has 1 fully saturated rings. The molecule has 0 saturated carbocycles. The fraction of sp³-hybridized carbons (Fsp3) is 0.588. The van der Waals surface area contributed by atoms with E-state index in [0.717, 1.165) is 47.6 Å². The van der Waals surface area contributed by atoms with E-state index in [1.165, 1.54) is 30.5 Å². The molecule has 2 aromatic heterocycles. The Morgan fingerprint density at radius 3 is 3.08 bits per heavy atom. The van der Waals surface area contributed by atoms with Gasteiger partial charge in [-0.05, 0) is 45.1 Å². The van der Waals surface area contributed by atoms with E-state index in [4.69, 9.17) is 9.47 Å². The van der Waals surface area contributed by atoms with E-state index in [9.17, 15) is 4.79 Å². The van der Waals surface area contributed by atoms with E-state index in [-0.39, 0.29) is 5.97 Å². The summed E-state index contributed by atoms with van der Waals surface area (Å²) in [6.45, 7) is 5.75. The van der Waals surface area contributed by atoms with E-state index < -0.39 is 0 Å². The maximum atomic E-state index is 12.1. The summed E-state index contributed by atoms with van der Waals surface area (Å²) in [5, 5.41) is 4.30. The van der Waals surface area contributed by atoms with Crippen molar-refractivity contribution in [3.63, 3.8) is 0 Å². The molecular weight excluding hydrogens is 326 g/mol. The number of rotatable bonds is 6. The molecule has 7 heteroatoms. The second kappa shape index (κ2) is 7.90. The van der Waals surface area contributed by atoms with Crippen LogP contribution in [-0.2, 0) is 9.47 Å². The Kier molecular flexibility index (Phi) is 5.63. The number of carbonyl (C=O) groups is 1. The number of hydrogen-bond donors (Lipinski definition) is 1. The van der Waals surface area contributed by atoms with Gasteiger partial charge in [-0.15, -0.1) is 11.3 Å². The zero-order valence-electron chi connectivity index (χ0n) is 14.1. The average molecular weight is 349 g/mol. The highest BCUT2D eigenvalue weighted by Gasteiger charge is 2.20. The smallest absolute Gasteiger partial charge is 0.348 e. The molecule has 6 nitrogen and oxygen atoms in total. The van der Waals surface area contributed by atoms with Gasteiger partial charge in [0.25, 0.3) is 0 Å². The van der Waals surface area contributed by atoms with Crippen molar-refractivity contribution in [2.24, 2.45) is 0 Å². The van der Waals surface area contributed by atoms with Crippen LogP contribution < -0.4 is 5.32 Å². The van der Waals surface area contributed by atoms with Crippen molar-refractivity contribution in [3.05, 3.63) is 16.8 Å². The van der Waals surface area contributed by atoms with E-state index >= 15 is 0 Å². The molecule has 2 aromatic rings. The number of nitrogens with zero attached hydrogens (tertiary/aromatic N) is 2. The molecule has 1 N–H and O–H groups in total. The molecule has 0 aromatic carbocycles. The van der Waals surface area contributed by atoms with Crippen molar-refractivity contribution >= 4 is 33.3 Å². The fourth-order valence-electron chi connectivity index (χ4n) is 2.98. The predicted octanol–water partition coefficient (Wildman–Crippen LogP) is 3.55. The van der Waals surface area contributed by atoms with Crippen molar-refractivity contribution < 1.29 is 14.3 Å². The van der Waals surface area contributed by atoms with E-state index in [0.29, 0.717) is 17.6 Å². The van der Waals surface area contributed by atoms with E-state index in [1.807, 2.05) is 6.92 Å². The Morgan fingerprint density at radius 1 is 1.46 bits per heavy atom. The third-order valence-corrected chi connectivity index (χ3v) is 5.40. The van der Waals surface area contributed by atoms with Gasteiger partial charge < -0.3 is 14.8 Å². The van der Waals surface area contributed by atoms with Crippen molar-refractivity contribution in [2.75, 3.05) is 25.1 Å². The largest absolute Gasteiger partial charge is 0.462 e. The number of esters is 1. The van der Waals surface area contributed by atoms with Crippen LogP contribution in [0.5, 0.6) is 0 Å². The Bertz CT molecular complexity index is 710. The Hall–Kier alpha value is -1.73. The normalized spacial score (nSPS) is 17.8. The zero-order valence-corrected chi connectivity index (χ0v) is 14.9. The Balaban J connectivity index is 1.74. The highest BCUT2D eigenvalue weighted by atomic mass is 32.1. The minimum atomic E-state index is -0.292. The standard InChI is InChI=1S/C17H23N3O3S/c1-3-22-17(21)14-11(2)13-15(19-10-20-16(13)24-14)18-8-7-12-6-4-5-9-23-12/h10,12H,3-9H2,1-2H3,(H,18,19,20). The maximum Gasteiger partial charge on any atom is 0.348 e. The van der Waals surface area contributed by atoms with Crippen LogP contribution in [0.25, 0.3) is 10.2 Å². The third kappa shape index (κ3) is 3.67. The van der Waals surface area contributed by atoms with E-state index in [1.54, 1.807) is 6.92 Å². The van der Waals surface area contributed by atoms with E-state index in [2.05, 4.69) is 15.3 Å². The number of ether oxygens (including phenoxy) is 2. The summed E-state index contributed by atoms with van der Waals surface area (Å²) in [6, 6.07) is 0. The minimum absolute atomic E-state index is 0.292. The van der Waals surface area contributed by atoms with Gasteiger partial charge in [0.2, 0.25) is 0 Å². The molecular formula is C17H23N3O3S. The summed E-state index contributed by atoms with van der Waals surface area (Å²) in [4.78, 5) is 22.1. The first kappa shape index (κ1) is 17.1. The monoisotopic (exact) mass is 349 g/mol. The molecule has 3 heterocycles. The lowest BCUT2D eigenvalue weighted by Crippen LogP contribution is -2.22. The summed E-state index contributed by atoms with van der Waals surface area (Å²) in [5.41, 5.74) is 0.880. The van der Waals surface area contributed by atoms with Crippen molar-refractivity contribution in [1.82, 2.24) is 9.97 Å². The van der Waals surface area contributed by atoms with Gasteiger partial charge in [-0.3, -0.25) is 0 Å². The van der Waals surface area contributed by atoms with Gasteiger partial charge in [-0.1, -0.05) is 0 Å². The molecule has 0 radical (unpaired) electrons. The summed E-state index contributed by atoms with van der Waals surface area (Å²) in [6.07, 6.45) is 6.37. The number of nitrogens with one attached hydrogen (secondary N) is 1. The molecule has 1 unspecified atom stereocenters. The van der Waals surface area contributed by atoms with Gasteiger partial charge in [-0.2, -0.15) is 0 Å². The van der Waals surface area contributed by atoms with Gasteiger partial charge in [0.05, 0.1) is 18.1 Å². The second-order valence-electron chi connectivity index (χ2n) is 5.88. The molecule has 1 saturated heterocycles. The summed E-state index contributed by atoms with van der Waals surface area (Å²) >= 11 is 1.36. The molecule has 0 bridgehead atoms. The molecule has 1 aliphatic heterocycles. The van der Waals surface area contributed by atoms with Crippen molar-refractivity contribution in [1.29, 1.82) is 0 Å². The number of carbonyl (C=O) groups excluding carboxylic acids is 1. The number of thiophene rings is 1. The number of aromatic nitrogens is 2. The summed E-state index contributed by atoms with van der Waals surface area (Å²) in [5.74, 6) is 0.486. The number of aryl methyl sites for hydroxylation is 1. The first-order chi connectivity index (χ1) is 11.7. The predicted molar refractivity (Wildman–Crippen MR) is 94.8 cm³/mol. The Labute approximate surface area is 145 Å². The minimum Gasteiger partial charge on any atom is -0.462 e. The molecule has 0 spiro atoms. The van der Waals surface area contributed by atoms with Gasteiger partial charge >= 0.3 is 5.97 Å². The van der Waals surface area contributed by atoms with Crippen LogP contribution in [0.3, 0.4) is 0 Å². The molecule has 1 aliphatic rings. The summed E-state index contributed by atoms with van der Waals surface area (Å²) < 4.78 is 10.9. The highest BCUT2D eigenvalue weighted by molar-refractivity contribution is 7.20. The van der Waals surface area contributed by atoms with Crippen LogP contribution in [0, 0.1) is 6.92 Å². The lowest BCUT2D eigenvalue weighted by Gasteiger charge is -2.22. The van der Waals surface area contributed by atoms with Gasteiger partial charge in [0.15, 0.2) is 0 Å². The van der Waals surface area contributed by atoms with Crippen LogP contribution in [0.2, 0.25) is 0 Å². The fourth-order valence-corrected chi connectivity index (χ4v) is 4.03. The quantitative estimate of drug-likeness (QED) is 0.804. The average Bonchev–Trinajstić information content (AvgIpc) is 2.94. The topological polar surface area (TPSA) is 73.3 Å². The summed E-state index contributed by atoms with van der Waals surface area (Å²) in [7, 11) is 0. The lowest BCUT2D eigenvalue weighted by atomic mass is 10.1. The molecule has 130 valence electrons. The molecule has 1 atom stereocenters. The Morgan fingerprint density at radius 2 is 2.33 bits per heavy atom. The zero-order chi connectivity index (χ0) is 16.9. The van der Waals surface area contributed by atoms with Crippen LogP contribution in [0.1, 0.15) is 47.8 Å². The SMILES string of the molecule is CCOC(=O)c1sc2ncnc(NCCC3CCCCO3)c2c1C. The highest BCUT2D eigenvalue weighted by Crippen LogP contribution is 2.33. The van der Waals surface area contributed by atoms with Crippen molar-refractivity contribution in [3.8, 4) is 0 Å². The van der Waals surface area contributed by atoms with Crippen molar-refractivity contribution in [2.45, 2.75) is 45.6 Å². The van der Waals surface area contributed by atoms with Gasteiger partial charge in [0.1, 0.15) is 21.9 Å². The van der Waals surface area contributed by atoms with Crippen LogP contribution >= 0.6 is 11.3 Å². The maximum absolute atomic E-state index is 12.1. The number of hydrogen-bond acceptors (Lipinski definition) is 7. The molecule has 24 heavy (non-hydrogen) atoms. The molecule has 0 aliphatic carbocycles. The van der Waals surface area contributed by atoms with Gasteiger partial charge in [-0.25, -0.2) is 14.8 Å². The second-order valence-corrected chi connectivity index (χ2v) is 6.88. The van der Waals surface area contributed by atoms with Crippen LogP contribution in [0.4, 0.5) is 5.82 Å². The molecule has 3 rings (SSSR count). The van der Waals surface area contributed by atoms with Crippen LogP contribution in [0.15, 0.2) is 6.33 Å². The third-order valence-electron chi connectivity index (χ3n) is 4.22. The first-order valence-electron chi connectivity index (χ1n) is 8.47. The van der Waals surface area contributed by atoms with Gasteiger partial charge in [0, 0.05) is 13.2 Å². The lowest BCUT2D eigenvalue weighted by molar-refractivity contribution is 0.0134.